The molecular weight excluding hydrogens is 293 g/mol. The molecule has 0 atom stereocenters. The number of carbonyl (C=O) groups excluding carboxylic acids is 1. The maximum atomic E-state index is 12.3. The number of benzene rings is 2. The first kappa shape index (κ1) is 13.5. The molecule has 0 aliphatic carbocycles. The van der Waals surface area contributed by atoms with E-state index in [9.17, 15) is 4.79 Å². The van der Waals surface area contributed by atoms with Crippen molar-refractivity contribution < 1.29 is 4.79 Å². The van der Waals surface area contributed by atoms with Crippen LogP contribution in [0, 0.1) is 0 Å². The molecule has 0 radical (unpaired) electrons. The van der Waals surface area contributed by atoms with Crippen molar-refractivity contribution in [3.8, 4) is 0 Å². The Balaban J connectivity index is 2.02. The van der Waals surface area contributed by atoms with E-state index in [0.29, 0.717) is 17.3 Å². The molecule has 4 heteroatoms. The van der Waals surface area contributed by atoms with E-state index in [-0.39, 0.29) is 5.91 Å². The molecule has 20 heavy (non-hydrogen) atoms. The molecule has 2 nitrogen and oxygen atoms in total. The van der Waals surface area contributed by atoms with Crippen molar-refractivity contribution in [2.45, 2.75) is 12.8 Å². The zero-order valence-corrected chi connectivity index (χ0v) is 12.3. The van der Waals surface area contributed by atoms with E-state index in [4.69, 9.17) is 23.2 Å². The Kier molecular flexibility index (Phi) is 3.68. The lowest BCUT2D eigenvalue weighted by molar-refractivity contribution is -0.116. The average molecular weight is 306 g/mol. The zero-order chi connectivity index (χ0) is 14.1. The largest absolute Gasteiger partial charge is 0.280 e. The van der Waals surface area contributed by atoms with E-state index in [1.54, 1.807) is 17.0 Å². The molecule has 0 saturated carbocycles. The average Bonchev–Trinajstić information content (AvgIpc) is 2.74. The molecule has 1 amide bonds. The van der Waals surface area contributed by atoms with Crippen molar-refractivity contribution in [2.24, 2.45) is 0 Å². The highest BCUT2D eigenvalue weighted by molar-refractivity contribution is 6.31. The van der Waals surface area contributed by atoms with Crippen LogP contribution >= 0.6 is 23.2 Å². The summed E-state index contributed by atoms with van der Waals surface area (Å²) in [5.41, 5.74) is 3.97. The van der Waals surface area contributed by atoms with Crippen molar-refractivity contribution in [3.05, 3.63) is 58.6 Å². The molecule has 1 aliphatic heterocycles. The highest BCUT2D eigenvalue weighted by Gasteiger charge is 2.28. The van der Waals surface area contributed by atoms with Crippen molar-refractivity contribution >= 4 is 40.5 Å². The Morgan fingerprint density at radius 1 is 1.15 bits per heavy atom. The van der Waals surface area contributed by atoms with E-state index in [0.717, 1.165) is 23.4 Å². The first-order valence-corrected chi connectivity index (χ1v) is 7.36. The van der Waals surface area contributed by atoms with Gasteiger partial charge in [0.2, 0.25) is 5.91 Å². The summed E-state index contributed by atoms with van der Waals surface area (Å²) in [5.74, 6) is 0.662. The van der Waals surface area contributed by atoms with Gasteiger partial charge in [-0.1, -0.05) is 29.8 Å². The fourth-order valence-electron chi connectivity index (χ4n) is 2.54. The molecule has 0 bridgehead atoms. The van der Waals surface area contributed by atoms with Gasteiger partial charge < -0.3 is 0 Å². The number of amides is 1. The van der Waals surface area contributed by atoms with Gasteiger partial charge in [-0.15, -0.1) is 11.6 Å². The van der Waals surface area contributed by atoms with Crippen LogP contribution in [0.4, 0.5) is 11.4 Å². The van der Waals surface area contributed by atoms with Gasteiger partial charge in [-0.05, 0) is 41.8 Å². The second-order valence-corrected chi connectivity index (χ2v) is 5.60. The van der Waals surface area contributed by atoms with Crippen LogP contribution in [0.1, 0.15) is 11.1 Å². The summed E-state index contributed by atoms with van der Waals surface area (Å²) < 4.78 is 0. The first-order chi connectivity index (χ1) is 9.69. The molecule has 0 N–H and O–H groups in total. The van der Waals surface area contributed by atoms with Gasteiger partial charge in [-0.3, -0.25) is 9.69 Å². The van der Waals surface area contributed by atoms with Crippen LogP contribution in [-0.4, -0.2) is 11.8 Å². The molecule has 0 aromatic heterocycles. The number of anilines is 2. The summed E-state index contributed by atoms with van der Waals surface area (Å²) in [7, 11) is 0. The van der Waals surface area contributed by atoms with E-state index < -0.39 is 0 Å². The molecule has 2 aromatic rings. The van der Waals surface area contributed by atoms with Gasteiger partial charge >= 0.3 is 0 Å². The van der Waals surface area contributed by atoms with Gasteiger partial charge in [-0.2, -0.15) is 0 Å². The van der Waals surface area contributed by atoms with Gasteiger partial charge in [0.25, 0.3) is 0 Å². The standard InChI is InChI=1S/C16H13Cl2NO/c17-7-6-11-4-5-15-12(8-11)9-16(20)19(15)14-3-1-2-13(18)10-14/h1-5,8,10H,6-7,9H2. The second kappa shape index (κ2) is 5.47. The maximum Gasteiger partial charge on any atom is 0.236 e. The Bertz CT molecular complexity index is 669. The number of halogens is 2. The predicted octanol–water partition coefficient (Wildman–Crippen LogP) is 4.34. The summed E-state index contributed by atoms with van der Waals surface area (Å²) in [6.07, 6.45) is 1.25. The third kappa shape index (κ3) is 2.41. The number of nitrogens with zero attached hydrogens (tertiary/aromatic N) is 1. The van der Waals surface area contributed by atoms with Crippen LogP contribution < -0.4 is 4.90 Å². The number of fused-ring (bicyclic) bond motifs is 1. The monoisotopic (exact) mass is 305 g/mol. The predicted molar refractivity (Wildman–Crippen MR) is 83.2 cm³/mol. The molecule has 1 aliphatic rings. The van der Waals surface area contributed by atoms with Gasteiger partial charge in [0.1, 0.15) is 0 Å². The minimum atomic E-state index is 0.0743. The van der Waals surface area contributed by atoms with Crippen LogP contribution in [0.3, 0.4) is 0 Å². The highest BCUT2D eigenvalue weighted by Crippen LogP contribution is 2.36. The Labute approximate surface area is 127 Å². The maximum absolute atomic E-state index is 12.3. The lowest BCUT2D eigenvalue weighted by Crippen LogP contribution is -2.20. The topological polar surface area (TPSA) is 20.3 Å². The van der Waals surface area contributed by atoms with Crippen molar-refractivity contribution in [1.82, 2.24) is 0 Å². The van der Waals surface area contributed by atoms with Gasteiger partial charge in [0.05, 0.1) is 17.8 Å². The van der Waals surface area contributed by atoms with E-state index >= 15 is 0 Å². The fourth-order valence-corrected chi connectivity index (χ4v) is 2.94. The van der Waals surface area contributed by atoms with Crippen LogP contribution in [0.15, 0.2) is 42.5 Å². The minimum Gasteiger partial charge on any atom is -0.280 e. The molecular formula is C16H13Cl2NO. The number of hydrogen-bond donors (Lipinski definition) is 0. The summed E-state index contributed by atoms with van der Waals surface area (Å²) in [6, 6.07) is 13.4. The third-order valence-electron chi connectivity index (χ3n) is 3.43. The Hall–Kier alpha value is -1.51. The molecule has 102 valence electrons. The number of alkyl halides is 1. The molecule has 0 spiro atoms. The lowest BCUT2D eigenvalue weighted by Gasteiger charge is -2.18. The van der Waals surface area contributed by atoms with Crippen molar-refractivity contribution in [1.29, 1.82) is 0 Å². The molecule has 2 aromatic carbocycles. The van der Waals surface area contributed by atoms with Crippen molar-refractivity contribution in [3.63, 3.8) is 0 Å². The van der Waals surface area contributed by atoms with Crippen molar-refractivity contribution in [2.75, 3.05) is 10.8 Å². The quantitative estimate of drug-likeness (QED) is 0.772. The summed E-state index contributed by atoms with van der Waals surface area (Å²) in [4.78, 5) is 14.0. The SMILES string of the molecule is O=C1Cc2cc(CCCl)ccc2N1c1cccc(Cl)c1. The first-order valence-electron chi connectivity index (χ1n) is 6.45. The zero-order valence-electron chi connectivity index (χ0n) is 10.8. The number of rotatable bonds is 3. The van der Waals surface area contributed by atoms with E-state index in [1.807, 2.05) is 24.3 Å². The van der Waals surface area contributed by atoms with Gasteiger partial charge in [0, 0.05) is 10.9 Å². The molecule has 0 unspecified atom stereocenters. The number of aryl methyl sites for hydroxylation is 1. The lowest BCUT2D eigenvalue weighted by atomic mass is 10.1. The smallest absolute Gasteiger partial charge is 0.236 e. The van der Waals surface area contributed by atoms with Crippen LogP contribution in [0.5, 0.6) is 0 Å². The molecule has 0 saturated heterocycles. The molecule has 0 fully saturated rings. The van der Waals surface area contributed by atoms with Gasteiger partial charge in [0.15, 0.2) is 0 Å². The number of hydrogen-bond acceptors (Lipinski definition) is 1. The van der Waals surface area contributed by atoms with E-state index in [1.165, 1.54) is 5.56 Å². The summed E-state index contributed by atoms with van der Waals surface area (Å²) in [6.45, 7) is 0. The molecule has 3 rings (SSSR count). The van der Waals surface area contributed by atoms with Crippen LogP contribution in [-0.2, 0) is 17.6 Å². The summed E-state index contributed by atoms with van der Waals surface area (Å²) >= 11 is 11.8. The Morgan fingerprint density at radius 2 is 2.00 bits per heavy atom. The molecule has 1 heterocycles. The summed E-state index contributed by atoms with van der Waals surface area (Å²) in [5, 5.41) is 0.627. The third-order valence-corrected chi connectivity index (χ3v) is 3.85. The number of carbonyl (C=O) groups is 1. The second-order valence-electron chi connectivity index (χ2n) is 4.79. The van der Waals surface area contributed by atoms with E-state index in [2.05, 4.69) is 6.07 Å². The normalized spacial score (nSPS) is 13.7. The fraction of sp³-hybridized carbons (Fsp3) is 0.188. The minimum absolute atomic E-state index is 0.0743. The van der Waals surface area contributed by atoms with Gasteiger partial charge in [-0.25, -0.2) is 0 Å². The van der Waals surface area contributed by atoms with Crippen LogP contribution in [0.25, 0.3) is 0 Å². The van der Waals surface area contributed by atoms with Crippen LogP contribution in [0.2, 0.25) is 5.02 Å². The highest BCUT2D eigenvalue weighted by atomic mass is 35.5. The Morgan fingerprint density at radius 3 is 2.75 bits per heavy atom.